The van der Waals surface area contributed by atoms with Crippen LogP contribution in [-0.2, 0) is 0 Å². The number of nitriles is 1. The van der Waals surface area contributed by atoms with Crippen LogP contribution in [0.3, 0.4) is 0 Å². The first kappa shape index (κ1) is 7.01. The minimum atomic E-state index is -0.374. The van der Waals surface area contributed by atoms with Gasteiger partial charge < -0.3 is 0 Å². The van der Waals surface area contributed by atoms with Crippen LogP contribution in [0.15, 0.2) is 23.6 Å². The third kappa shape index (κ3) is 1.24. The highest BCUT2D eigenvalue weighted by molar-refractivity contribution is 5.34. The Kier molecular flexibility index (Phi) is 1.86. The molecule has 52 valence electrons. The molecule has 1 aliphatic rings. The Bertz CT molecular complexity index is 232. The normalized spacial score (nSPS) is 24.7. The highest BCUT2D eigenvalue weighted by atomic mass is 19.1. The monoisotopic (exact) mass is 137 g/mol. The summed E-state index contributed by atoms with van der Waals surface area (Å²) in [5.41, 5.74) is 0.273. The van der Waals surface area contributed by atoms with Crippen LogP contribution in [0.5, 0.6) is 0 Å². The van der Waals surface area contributed by atoms with Crippen molar-refractivity contribution in [2.45, 2.75) is 13.3 Å². The summed E-state index contributed by atoms with van der Waals surface area (Å²) in [5.74, 6) is -0.0743. The van der Waals surface area contributed by atoms with Crippen LogP contribution in [0.25, 0.3) is 0 Å². The molecule has 0 aromatic heterocycles. The standard InChI is InChI=1S/C8H8FN/c1-6-2-3-8(9)7(4-6)5-10/h2-3,6H,4H2,1H3/t6-/m1/s1. The maximum Gasteiger partial charge on any atom is 0.136 e. The van der Waals surface area contributed by atoms with Crippen molar-refractivity contribution in [1.29, 1.82) is 5.26 Å². The lowest BCUT2D eigenvalue weighted by Crippen LogP contribution is -1.98. The first-order valence-electron chi connectivity index (χ1n) is 3.21. The van der Waals surface area contributed by atoms with Crippen molar-refractivity contribution >= 4 is 0 Å². The second-order valence-electron chi connectivity index (χ2n) is 2.48. The molecule has 1 rings (SSSR count). The van der Waals surface area contributed by atoms with Crippen LogP contribution in [0.4, 0.5) is 4.39 Å². The molecule has 0 aromatic carbocycles. The van der Waals surface area contributed by atoms with E-state index in [9.17, 15) is 4.39 Å². The van der Waals surface area contributed by atoms with Gasteiger partial charge in [0.15, 0.2) is 0 Å². The average molecular weight is 137 g/mol. The van der Waals surface area contributed by atoms with E-state index in [0.717, 1.165) is 0 Å². The second kappa shape index (κ2) is 2.66. The van der Waals surface area contributed by atoms with E-state index >= 15 is 0 Å². The van der Waals surface area contributed by atoms with E-state index in [4.69, 9.17) is 5.26 Å². The minimum Gasteiger partial charge on any atom is -0.206 e. The molecule has 0 aliphatic heterocycles. The fraction of sp³-hybridized carbons (Fsp3) is 0.375. The van der Waals surface area contributed by atoms with Crippen LogP contribution >= 0.6 is 0 Å². The highest BCUT2D eigenvalue weighted by Crippen LogP contribution is 2.22. The Morgan fingerprint density at radius 1 is 1.80 bits per heavy atom. The van der Waals surface area contributed by atoms with E-state index in [1.807, 2.05) is 13.0 Å². The lowest BCUT2D eigenvalue weighted by atomic mass is 9.96. The summed E-state index contributed by atoms with van der Waals surface area (Å²) in [6.07, 6.45) is 3.68. The van der Waals surface area contributed by atoms with Crippen LogP contribution < -0.4 is 0 Å². The van der Waals surface area contributed by atoms with Crippen molar-refractivity contribution in [2.24, 2.45) is 5.92 Å². The zero-order valence-electron chi connectivity index (χ0n) is 5.76. The van der Waals surface area contributed by atoms with E-state index in [2.05, 4.69) is 0 Å². The topological polar surface area (TPSA) is 23.8 Å². The summed E-state index contributed by atoms with van der Waals surface area (Å²) < 4.78 is 12.6. The van der Waals surface area contributed by atoms with Crippen LogP contribution in [0.2, 0.25) is 0 Å². The van der Waals surface area contributed by atoms with Gasteiger partial charge >= 0.3 is 0 Å². The van der Waals surface area contributed by atoms with Gasteiger partial charge in [-0.15, -0.1) is 0 Å². The number of allylic oxidation sites excluding steroid dienone is 4. The van der Waals surface area contributed by atoms with Gasteiger partial charge in [0.05, 0.1) is 11.6 Å². The number of halogens is 1. The molecular weight excluding hydrogens is 129 g/mol. The smallest absolute Gasteiger partial charge is 0.136 e. The Hall–Kier alpha value is -1.10. The van der Waals surface area contributed by atoms with Crippen molar-refractivity contribution in [2.75, 3.05) is 0 Å². The van der Waals surface area contributed by atoms with Gasteiger partial charge in [-0.3, -0.25) is 0 Å². The molecule has 0 bridgehead atoms. The molecule has 10 heavy (non-hydrogen) atoms. The van der Waals surface area contributed by atoms with Gasteiger partial charge in [-0.2, -0.15) is 5.26 Å². The third-order valence-corrected chi connectivity index (χ3v) is 1.52. The van der Waals surface area contributed by atoms with Crippen molar-refractivity contribution in [3.05, 3.63) is 23.6 Å². The SMILES string of the molecule is C[C@@H]1C=CC(F)=C(C#N)C1. The minimum absolute atomic E-state index is 0.273. The summed E-state index contributed by atoms with van der Waals surface area (Å²) in [6.45, 7) is 1.96. The molecule has 0 saturated heterocycles. The van der Waals surface area contributed by atoms with Gasteiger partial charge in [-0.05, 0) is 18.4 Å². The predicted molar refractivity (Wildman–Crippen MR) is 36.7 cm³/mol. The van der Waals surface area contributed by atoms with Gasteiger partial charge in [0.1, 0.15) is 5.83 Å². The molecule has 1 aliphatic carbocycles. The molecule has 0 spiro atoms. The quantitative estimate of drug-likeness (QED) is 0.502. The first-order valence-corrected chi connectivity index (χ1v) is 3.21. The molecule has 1 atom stereocenters. The molecular formula is C8H8FN. The zero-order chi connectivity index (χ0) is 7.56. The summed E-state index contributed by atoms with van der Waals surface area (Å²) >= 11 is 0. The van der Waals surface area contributed by atoms with Crippen molar-refractivity contribution < 1.29 is 4.39 Å². The predicted octanol–water partition coefficient (Wildman–Crippen LogP) is 2.33. The molecule has 0 aromatic rings. The Morgan fingerprint density at radius 2 is 2.50 bits per heavy atom. The zero-order valence-corrected chi connectivity index (χ0v) is 5.76. The lowest BCUT2D eigenvalue weighted by Gasteiger charge is -2.09. The van der Waals surface area contributed by atoms with Crippen LogP contribution in [0, 0.1) is 17.2 Å². The lowest BCUT2D eigenvalue weighted by molar-refractivity contribution is 0.611. The number of hydrogen-bond acceptors (Lipinski definition) is 1. The highest BCUT2D eigenvalue weighted by Gasteiger charge is 2.11. The van der Waals surface area contributed by atoms with E-state index in [1.165, 1.54) is 6.08 Å². The Labute approximate surface area is 59.5 Å². The van der Waals surface area contributed by atoms with E-state index < -0.39 is 0 Å². The molecule has 0 saturated carbocycles. The first-order chi connectivity index (χ1) is 4.74. The van der Waals surface area contributed by atoms with Crippen LogP contribution in [-0.4, -0.2) is 0 Å². The summed E-state index contributed by atoms with van der Waals surface area (Å²) in [6, 6.07) is 1.84. The van der Waals surface area contributed by atoms with Gasteiger partial charge in [-0.25, -0.2) is 4.39 Å². The maximum absolute atomic E-state index is 12.6. The van der Waals surface area contributed by atoms with Crippen molar-refractivity contribution in [3.8, 4) is 6.07 Å². The number of nitrogens with zero attached hydrogens (tertiary/aromatic N) is 1. The number of hydrogen-bond donors (Lipinski definition) is 0. The van der Waals surface area contributed by atoms with Gasteiger partial charge in [0.25, 0.3) is 0 Å². The van der Waals surface area contributed by atoms with Gasteiger partial charge in [0.2, 0.25) is 0 Å². The molecule has 2 heteroatoms. The van der Waals surface area contributed by atoms with E-state index in [1.54, 1.807) is 6.08 Å². The fourth-order valence-electron chi connectivity index (χ4n) is 0.936. The van der Waals surface area contributed by atoms with E-state index in [-0.39, 0.29) is 11.4 Å². The van der Waals surface area contributed by atoms with Gasteiger partial charge in [-0.1, -0.05) is 13.0 Å². The molecule has 1 nitrogen and oxygen atoms in total. The Balaban J connectivity index is 2.87. The van der Waals surface area contributed by atoms with Crippen molar-refractivity contribution in [3.63, 3.8) is 0 Å². The molecule has 0 fully saturated rings. The average Bonchev–Trinajstić information content (AvgIpc) is 1.94. The third-order valence-electron chi connectivity index (χ3n) is 1.52. The second-order valence-corrected chi connectivity index (χ2v) is 2.48. The molecule has 0 amide bonds. The summed E-state index contributed by atoms with van der Waals surface area (Å²) in [7, 11) is 0. The molecule has 0 radical (unpaired) electrons. The summed E-state index contributed by atoms with van der Waals surface area (Å²) in [4.78, 5) is 0. The molecule has 0 unspecified atom stereocenters. The van der Waals surface area contributed by atoms with Crippen LogP contribution in [0.1, 0.15) is 13.3 Å². The fourth-order valence-corrected chi connectivity index (χ4v) is 0.936. The molecule has 0 heterocycles. The van der Waals surface area contributed by atoms with Crippen molar-refractivity contribution in [1.82, 2.24) is 0 Å². The number of rotatable bonds is 0. The largest absolute Gasteiger partial charge is 0.206 e. The maximum atomic E-state index is 12.6. The van der Waals surface area contributed by atoms with E-state index in [0.29, 0.717) is 12.3 Å². The molecule has 0 N–H and O–H groups in total. The van der Waals surface area contributed by atoms with Gasteiger partial charge in [0, 0.05) is 0 Å². The Morgan fingerprint density at radius 3 is 3.00 bits per heavy atom. The summed E-state index contributed by atoms with van der Waals surface area (Å²) in [5, 5.41) is 8.40.